The van der Waals surface area contributed by atoms with E-state index in [0.29, 0.717) is 11.4 Å². The van der Waals surface area contributed by atoms with Gasteiger partial charge in [0.2, 0.25) is 5.91 Å². The second-order valence-corrected chi connectivity index (χ2v) is 4.46. The number of amides is 1. The van der Waals surface area contributed by atoms with Crippen LogP contribution in [0.1, 0.15) is 24.5 Å². The summed E-state index contributed by atoms with van der Waals surface area (Å²) in [5, 5.41) is 0. The van der Waals surface area contributed by atoms with E-state index < -0.39 is 0 Å². The normalized spacial score (nSPS) is 10.1. The topological polar surface area (TPSA) is 46.6 Å². The first-order valence-electron chi connectivity index (χ1n) is 5.78. The van der Waals surface area contributed by atoms with Crippen molar-refractivity contribution in [1.82, 2.24) is 0 Å². The van der Waals surface area contributed by atoms with Crippen molar-refractivity contribution in [3.05, 3.63) is 23.3 Å². The molecule has 0 unspecified atom stereocenters. The first kappa shape index (κ1) is 14.2. The average molecular weight is 249 g/mol. The van der Waals surface area contributed by atoms with Gasteiger partial charge in [-0.05, 0) is 38.0 Å². The maximum Gasteiger partial charge on any atom is 0.234 e. The van der Waals surface area contributed by atoms with Crippen LogP contribution in [0.4, 0.5) is 5.69 Å². The number of hydrogen-bond acceptors (Lipinski definition) is 3. The van der Waals surface area contributed by atoms with Crippen molar-refractivity contribution < 1.29 is 14.3 Å². The minimum absolute atomic E-state index is 0.0903. The third-order valence-electron chi connectivity index (χ3n) is 2.74. The number of carbonyl (C=O) groups is 2. The maximum absolute atomic E-state index is 11.9. The highest BCUT2D eigenvalue weighted by Gasteiger charge is 2.19. The predicted octanol–water partition coefficient (Wildman–Crippen LogP) is 2.25. The van der Waals surface area contributed by atoms with Gasteiger partial charge in [0.25, 0.3) is 0 Å². The van der Waals surface area contributed by atoms with Crippen LogP contribution in [0.15, 0.2) is 12.1 Å². The smallest absolute Gasteiger partial charge is 0.234 e. The lowest BCUT2D eigenvalue weighted by Gasteiger charge is -2.22. The molecule has 0 radical (unpaired) electrons. The molecular weight excluding hydrogens is 230 g/mol. The van der Waals surface area contributed by atoms with Gasteiger partial charge in [0, 0.05) is 7.05 Å². The maximum atomic E-state index is 11.9. The molecule has 1 aromatic rings. The minimum atomic E-state index is -0.229. The van der Waals surface area contributed by atoms with Crippen molar-refractivity contribution in [3.63, 3.8) is 0 Å². The highest BCUT2D eigenvalue weighted by atomic mass is 16.5. The summed E-state index contributed by atoms with van der Waals surface area (Å²) in [5.74, 6) is 0.273. The van der Waals surface area contributed by atoms with E-state index in [4.69, 9.17) is 4.74 Å². The van der Waals surface area contributed by atoms with E-state index in [1.807, 2.05) is 26.0 Å². The Hall–Kier alpha value is -1.84. The lowest BCUT2D eigenvalue weighted by molar-refractivity contribution is -0.125. The summed E-state index contributed by atoms with van der Waals surface area (Å²) >= 11 is 0. The zero-order chi connectivity index (χ0) is 13.9. The summed E-state index contributed by atoms with van der Waals surface area (Å²) in [6.07, 6.45) is -0.0903. The second-order valence-electron chi connectivity index (χ2n) is 4.46. The number of ketones is 1. The Morgan fingerprint density at radius 2 is 1.89 bits per heavy atom. The molecule has 0 aliphatic carbocycles. The van der Waals surface area contributed by atoms with Gasteiger partial charge < -0.3 is 9.64 Å². The zero-order valence-corrected chi connectivity index (χ0v) is 11.5. The molecule has 98 valence electrons. The lowest BCUT2D eigenvalue weighted by Crippen LogP contribution is -2.28. The monoisotopic (exact) mass is 249 g/mol. The number of rotatable bonds is 4. The Labute approximate surface area is 108 Å². The largest absolute Gasteiger partial charge is 0.495 e. The van der Waals surface area contributed by atoms with Crippen molar-refractivity contribution in [2.75, 3.05) is 19.1 Å². The van der Waals surface area contributed by atoms with Gasteiger partial charge in [0.1, 0.15) is 11.5 Å². The quantitative estimate of drug-likeness (QED) is 0.769. The van der Waals surface area contributed by atoms with Crippen LogP contribution in [-0.4, -0.2) is 25.8 Å². The average Bonchev–Trinajstić information content (AvgIpc) is 2.26. The summed E-state index contributed by atoms with van der Waals surface area (Å²) < 4.78 is 5.30. The Kier molecular flexibility index (Phi) is 4.48. The molecule has 0 saturated carbocycles. The second kappa shape index (κ2) is 5.67. The molecule has 0 atom stereocenters. The minimum Gasteiger partial charge on any atom is -0.495 e. The molecule has 1 aromatic carbocycles. The van der Waals surface area contributed by atoms with E-state index >= 15 is 0 Å². The van der Waals surface area contributed by atoms with Crippen molar-refractivity contribution in [2.24, 2.45) is 0 Å². The van der Waals surface area contributed by atoms with Crippen LogP contribution in [0.3, 0.4) is 0 Å². The Morgan fingerprint density at radius 3 is 2.39 bits per heavy atom. The molecule has 0 fully saturated rings. The van der Waals surface area contributed by atoms with E-state index in [2.05, 4.69) is 0 Å². The number of nitrogens with zero attached hydrogens (tertiary/aromatic N) is 1. The number of Topliss-reactive ketones (excluding diaryl/α,β-unsaturated/α-hetero) is 1. The molecule has 0 bridgehead atoms. The van der Waals surface area contributed by atoms with Crippen molar-refractivity contribution >= 4 is 17.4 Å². The predicted molar refractivity (Wildman–Crippen MR) is 71.2 cm³/mol. The SMILES string of the molecule is COc1cc(C)cc(C)c1N(C)C(=O)CC(C)=O. The number of benzene rings is 1. The van der Waals surface area contributed by atoms with E-state index in [0.717, 1.165) is 11.1 Å². The molecule has 0 N–H and O–H groups in total. The van der Waals surface area contributed by atoms with Crippen LogP contribution in [0.25, 0.3) is 0 Å². The van der Waals surface area contributed by atoms with Gasteiger partial charge in [-0.1, -0.05) is 6.07 Å². The van der Waals surface area contributed by atoms with Crippen LogP contribution in [0, 0.1) is 13.8 Å². The van der Waals surface area contributed by atoms with Gasteiger partial charge in [-0.15, -0.1) is 0 Å². The highest BCUT2D eigenvalue weighted by Crippen LogP contribution is 2.32. The third kappa shape index (κ3) is 3.09. The zero-order valence-electron chi connectivity index (χ0n) is 11.5. The summed E-state index contributed by atoms with van der Waals surface area (Å²) in [4.78, 5) is 24.4. The summed E-state index contributed by atoms with van der Waals surface area (Å²) in [6, 6.07) is 3.86. The molecule has 4 heteroatoms. The summed E-state index contributed by atoms with van der Waals surface area (Å²) in [7, 11) is 3.23. The van der Waals surface area contributed by atoms with Crippen LogP contribution < -0.4 is 9.64 Å². The number of ether oxygens (including phenoxy) is 1. The summed E-state index contributed by atoms with van der Waals surface area (Å²) in [5.41, 5.74) is 2.74. The molecule has 0 aliphatic rings. The van der Waals surface area contributed by atoms with Crippen LogP contribution in [-0.2, 0) is 9.59 Å². The molecule has 1 rings (SSSR count). The standard InChI is InChI=1S/C14H19NO3/c1-9-6-10(2)14(12(7-9)18-5)15(4)13(17)8-11(3)16/h6-7H,8H2,1-5H3. The molecule has 0 spiro atoms. The van der Waals surface area contributed by atoms with Gasteiger partial charge >= 0.3 is 0 Å². The van der Waals surface area contributed by atoms with Gasteiger partial charge in [-0.3, -0.25) is 9.59 Å². The molecule has 1 amide bonds. The van der Waals surface area contributed by atoms with Crippen LogP contribution >= 0.6 is 0 Å². The molecular formula is C14H19NO3. The number of aryl methyl sites for hydroxylation is 2. The van der Waals surface area contributed by atoms with Gasteiger partial charge in [-0.2, -0.15) is 0 Å². The number of hydrogen-bond donors (Lipinski definition) is 0. The van der Waals surface area contributed by atoms with Gasteiger partial charge in [0.15, 0.2) is 0 Å². The molecule has 0 heterocycles. The third-order valence-corrected chi connectivity index (χ3v) is 2.74. The Morgan fingerprint density at radius 1 is 1.28 bits per heavy atom. The first-order valence-corrected chi connectivity index (χ1v) is 5.78. The van der Waals surface area contributed by atoms with Crippen LogP contribution in [0.2, 0.25) is 0 Å². The first-order chi connectivity index (χ1) is 8.36. The van der Waals surface area contributed by atoms with Crippen molar-refractivity contribution in [3.8, 4) is 5.75 Å². The highest BCUT2D eigenvalue weighted by molar-refractivity contribution is 6.05. The number of methoxy groups -OCH3 is 1. The van der Waals surface area contributed by atoms with Gasteiger partial charge in [0.05, 0.1) is 19.2 Å². The summed E-state index contributed by atoms with van der Waals surface area (Å²) in [6.45, 7) is 5.30. The molecule has 0 aromatic heterocycles. The van der Waals surface area contributed by atoms with Crippen molar-refractivity contribution in [2.45, 2.75) is 27.2 Å². The van der Waals surface area contributed by atoms with E-state index in [9.17, 15) is 9.59 Å². The number of carbonyl (C=O) groups excluding carboxylic acids is 2. The Bertz CT molecular complexity index is 480. The molecule has 18 heavy (non-hydrogen) atoms. The van der Waals surface area contributed by atoms with E-state index in [1.54, 1.807) is 14.2 Å². The van der Waals surface area contributed by atoms with Crippen molar-refractivity contribution in [1.29, 1.82) is 0 Å². The van der Waals surface area contributed by atoms with E-state index in [1.165, 1.54) is 11.8 Å². The molecule has 0 saturated heterocycles. The fourth-order valence-electron chi connectivity index (χ4n) is 1.96. The van der Waals surface area contributed by atoms with E-state index in [-0.39, 0.29) is 18.1 Å². The molecule has 4 nitrogen and oxygen atoms in total. The lowest BCUT2D eigenvalue weighted by atomic mass is 10.1. The number of anilines is 1. The Balaban J connectivity index is 3.15. The fourth-order valence-corrected chi connectivity index (χ4v) is 1.96. The van der Waals surface area contributed by atoms with Crippen LogP contribution in [0.5, 0.6) is 5.75 Å². The van der Waals surface area contributed by atoms with Gasteiger partial charge in [-0.25, -0.2) is 0 Å². The fraction of sp³-hybridized carbons (Fsp3) is 0.429. The molecule has 0 aliphatic heterocycles.